The number of halogens is 1. The van der Waals surface area contributed by atoms with Crippen LogP contribution in [0.1, 0.15) is 11.4 Å². The van der Waals surface area contributed by atoms with Gasteiger partial charge in [-0.2, -0.15) is 0 Å². The van der Waals surface area contributed by atoms with Gasteiger partial charge in [0.1, 0.15) is 5.75 Å². The van der Waals surface area contributed by atoms with E-state index in [0.717, 1.165) is 11.3 Å². The predicted molar refractivity (Wildman–Crippen MR) is 69.7 cm³/mol. The molecule has 0 saturated heterocycles. The number of aromatic nitrogens is 2. The summed E-state index contributed by atoms with van der Waals surface area (Å²) in [6.07, 6.45) is 0. The highest BCUT2D eigenvalue weighted by atomic mass is 35.5. The molecule has 1 aromatic heterocycles. The molecule has 2 rings (SSSR count). The van der Waals surface area contributed by atoms with Gasteiger partial charge in [-0.05, 0) is 31.2 Å². The van der Waals surface area contributed by atoms with Crippen LogP contribution in [0.2, 0.25) is 5.02 Å². The molecule has 0 aliphatic rings. The molecular formula is C13H13ClN2O2. The van der Waals surface area contributed by atoms with Crippen molar-refractivity contribution in [2.24, 2.45) is 0 Å². The average molecular weight is 265 g/mol. The summed E-state index contributed by atoms with van der Waals surface area (Å²) in [6, 6.07) is 7.01. The van der Waals surface area contributed by atoms with Crippen LogP contribution in [0.4, 0.5) is 0 Å². The van der Waals surface area contributed by atoms with Crippen molar-refractivity contribution in [3.05, 3.63) is 40.7 Å². The Bertz CT molecular complexity index is 573. The third-order valence-electron chi connectivity index (χ3n) is 2.47. The summed E-state index contributed by atoms with van der Waals surface area (Å²) in [6.45, 7) is 1.74. The highest BCUT2D eigenvalue weighted by molar-refractivity contribution is 6.30. The first kappa shape index (κ1) is 12.8. The predicted octanol–water partition coefficient (Wildman–Crippen LogP) is 2.61. The summed E-state index contributed by atoms with van der Waals surface area (Å²) in [4.78, 5) is 8.62. The Labute approximate surface area is 110 Å². The van der Waals surface area contributed by atoms with Crippen LogP contribution >= 0.6 is 11.6 Å². The fraction of sp³-hybridized carbons (Fsp3) is 0.231. The number of methoxy groups -OCH3 is 1. The smallest absolute Gasteiger partial charge is 0.163 e. The van der Waals surface area contributed by atoms with E-state index in [1.165, 1.54) is 0 Å². The Morgan fingerprint density at radius 1 is 1.28 bits per heavy atom. The van der Waals surface area contributed by atoms with E-state index in [0.29, 0.717) is 22.3 Å². The molecule has 94 valence electrons. The molecule has 2 aromatic rings. The molecule has 0 amide bonds. The van der Waals surface area contributed by atoms with Gasteiger partial charge in [0.25, 0.3) is 0 Å². The minimum absolute atomic E-state index is 0.119. The number of aryl methyl sites for hydroxylation is 1. The molecule has 0 radical (unpaired) electrons. The van der Waals surface area contributed by atoms with Gasteiger partial charge < -0.3 is 9.84 Å². The van der Waals surface area contributed by atoms with E-state index in [-0.39, 0.29) is 6.61 Å². The second-order valence-electron chi connectivity index (χ2n) is 3.83. The van der Waals surface area contributed by atoms with Crippen molar-refractivity contribution in [1.29, 1.82) is 0 Å². The summed E-state index contributed by atoms with van der Waals surface area (Å²) in [5.74, 6) is 1.13. The molecule has 5 heteroatoms. The number of aliphatic hydroxyl groups is 1. The second kappa shape index (κ2) is 5.33. The highest BCUT2D eigenvalue weighted by Gasteiger charge is 2.10. The summed E-state index contributed by atoms with van der Waals surface area (Å²) >= 11 is 5.91. The van der Waals surface area contributed by atoms with Crippen LogP contribution < -0.4 is 4.74 Å². The summed E-state index contributed by atoms with van der Waals surface area (Å²) in [5.41, 5.74) is 2.12. The van der Waals surface area contributed by atoms with Crippen molar-refractivity contribution in [2.75, 3.05) is 7.11 Å². The quantitative estimate of drug-likeness (QED) is 0.926. The van der Waals surface area contributed by atoms with Crippen molar-refractivity contribution in [3.8, 4) is 17.1 Å². The first-order valence-electron chi connectivity index (χ1n) is 5.43. The molecule has 0 aliphatic heterocycles. The molecule has 0 bridgehead atoms. The topological polar surface area (TPSA) is 55.2 Å². The third kappa shape index (κ3) is 2.60. The van der Waals surface area contributed by atoms with Crippen LogP contribution in [-0.4, -0.2) is 22.2 Å². The van der Waals surface area contributed by atoms with Gasteiger partial charge in [0.2, 0.25) is 0 Å². The van der Waals surface area contributed by atoms with Crippen molar-refractivity contribution in [2.45, 2.75) is 13.5 Å². The van der Waals surface area contributed by atoms with Crippen LogP contribution in [0.25, 0.3) is 11.4 Å². The van der Waals surface area contributed by atoms with Gasteiger partial charge in [0.15, 0.2) is 5.82 Å². The number of ether oxygens (including phenoxy) is 1. The number of benzene rings is 1. The summed E-state index contributed by atoms with van der Waals surface area (Å²) in [5, 5.41) is 9.75. The van der Waals surface area contributed by atoms with Gasteiger partial charge in [0.05, 0.1) is 25.0 Å². The van der Waals surface area contributed by atoms with Gasteiger partial charge in [-0.25, -0.2) is 9.97 Å². The van der Waals surface area contributed by atoms with Crippen LogP contribution in [0.5, 0.6) is 5.75 Å². The first-order valence-corrected chi connectivity index (χ1v) is 5.81. The van der Waals surface area contributed by atoms with E-state index in [9.17, 15) is 0 Å². The number of hydrogen-bond acceptors (Lipinski definition) is 4. The van der Waals surface area contributed by atoms with E-state index in [2.05, 4.69) is 9.97 Å². The average Bonchev–Trinajstić information content (AvgIpc) is 2.37. The zero-order valence-corrected chi connectivity index (χ0v) is 10.9. The van der Waals surface area contributed by atoms with E-state index in [1.807, 2.05) is 6.92 Å². The van der Waals surface area contributed by atoms with Crippen molar-refractivity contribution in [3.63, 3.8) is 0 Å². The van der Waals surface area contributed by atoms with Crippen LogP contribution in [0.3, 0.4) is 0 Å². The third-order valence-corrected chi connectivity index (χ3v) is 2.71. The largest absolute Gasteiger partial charge is 0.496 e. The maximum Gasteiger partial charge on any atom is 0.163 e. The zero-order valence-electron chi connectivity index (χ0n) is 10.1. The molecule has 1 heterocycles. The SMILES string of the molecule is COc1cc(Cl)ccc1-c1nc(C)cc(CO)n1. The number of aliphatic hydroxyl groups excluding tert-OH is 1. The standard InChI is InChI=1S/C13H13ClN2O2/c1-8-5-10(7-17)16-13(15-8)11-4-3-9(14)6-12(11)18-2/h3-6,17H,7H2,1-2H3. The lowest BCUT2D eigenvalue weighted by Crippen LogP contribution is -1.99. The first-order chi connectivity index (χ1) is 8.63. The summed E-state index contributed by atoms with van der Waals surface area (Å²) < 4.78 is 5.27. The van der Waals surface area contributed by atoms with Gasteiger partial charge in [-0.3, -0.25) is 0 Å². The Hall–Kier alpha value is -1.65. The fourth-order valence-corrected chi connectivity index (χ4v) is 1.85. The Morgan fingerprint density at radius 3 is 2.72 bits per heavy atom. The van der Waals surface area contributed by atoms with Gasteiger partial charge in [-0.1, -0.05) is 11.6 Å². The Balaban J connectivity index is 2.57. The maximum absolute atomic E-state index is 9.16. The number of rotatable bonds is 3. The fourth-order valence-electron chi connectivity index (χ4n) is 1.68. The second-order valence-corrected chi connectivity index (χ2v) is 4.26. The molecule has 0 saturated carbocycles. The molecule has 0 atom stereocenters. The van der Waals surface area contributed by atoms with E-state index >= 15 is 0 Å². The molecule has 4 nitrogen and oxygen atoms in total. The molecule has 0 unspecified atom stereocenters. The molecule has 1 N–H and O–H groups in total. The number of hydrogen-bond donors (Lipinski definition) is 1. The van der Waals surface area contributed by atoms with Crippen molar-refractivity contribution >= 4 is 11.6 Å². The van der Waals surface area contributed by atoms with Gasteiger partial charge in [-0.15, -0.1) is 0 Å². The van der Waals surface area contributed by atoms with E-state index < -0.39 is 0 Å². The van der Waals surface area contributed by atoms with E-state index in [1.54, 1.807) is 31.4 Å². The van der Waals surface area contributed by atoms with Gasteiger partial charge >= 0.3 is 0 Å². The molecule has 0 aliphatic carbocycles. The molecular weight excluding hydrogens is 252 g/mol. The molecule has 1 aromatic carbocycles. The number of nitrogens with zero attached hydrogens (tertiary/aromatic N) is 2. The van der Waals surface area contributed by atoms with Crippen LogP contribution in [0.15, 0.2) is 24.3 Å². The monoisotopic (exact) mass is 264 g/mol. The highest BCUT2D eigenvalue weighted by Crippen LogP contribution is 2.30. The molecule has 0 spiro atoms. The molecule has 0 fully saturated rings. The minimum atomic E-state index is -0.119. The van der Waals surface area contributed by atoms with Crippen LogP contribution in [0, 0.1) is 6.92 Å². The zero-order chi connectivity index (χ0) is 13.1. The lowest BCUT2D eigenvalue weighted by Gasteiger charge is -2.09. The summed E-state index contributed by atoms with van der Waals surface area (Å²) in [7, 11) is 1.57. The lowest BCUT2D eigenvalue weighted by molar-refractivity contribution is 0.276. The Kier molecular flexibility index (Phi) is 3.79. The van der Waals surface area contributed by atoms with Crippen molar-refractivity contribution < 1.29 is 9.84 Å². The Morgan fingerprint density at radius 2 is 2.06 bits per heavy atom. The van der Waals surface area contributed by atoms with Crippen molar-refractivity contribution in [1.82, 2.24) is 9.97 Å². The minimum Gasteiger partial charge on any atom is -0.496 e. The lowest BCUT2D eigenvalue weighted by atomic mass is 10.1. The van der Waals surface area contributed by atoms with E-state index in [4.69, 9.17) is 21.4 Å². The van der Waals surface area contributed by atoms with Gasteiger partial charge in [0, 0.05) is 10.7 Å². The van der Waals surface area contributed by atoms with Crippen LogP contribution in [-0.2, 0) is 6.61 Å². The normalized spacial score (nSPS) is 10.4. The maximum atomic E-state index is 9.16. The molecule has 18 heavy (non-hydrogen) atoms.